The van der Waals surface area contributed by atoms with Crippen LogP contribution in [0.5, 0.6) is 0 Å². The van der Waals surface area contributed by atoms with Gasteiger partial charge in [-0.15, -0.1) is 11.3 Å². The smallest absolute Gasteiger partial charge is 0.272 e. The van der Waals surface area contributed by atoms with E-state index in [4.69, 9.17) is 0 Å². The quantitative estimate of drug-likeness (QED) is 0.660. The molecule has 0 bridgehead atoms. The molecule has 2 aromatic heterocycles. The number of carbonyl (C=O) groups is 2. The van der Waals surface area contributed by atoms with Crippen LogP contribution in [-0.2, 0) is 0 Å². The molecule has 4 heteroatoms. The van der Waals surface area contributed by atoms with Gasteiger partial charge < -0.3 is 0 Å². The second-order valence-corrected chi connectivity index (χ2v) is 4.82. The second-order valence-electron chi connectivity index (χ2n) is 3.87. The van der Waals surface area contributed by atoms with Gasteiger partial charge in [0.15, 0.2) is 6.29 Å². The molecule has 0 aliphatic heterocycles. The van der Waals surface area contributed by atoms with Crippen LogP contribution in [-0.4, -0.2) is 16.8 Å². The number of hydrogen-bond acceptors (Lipinski definition) is 3. The van der Waals surface area contributed by atoms with Crippen LogP contribution in [0.2, 0.25) is 0 Å². The number of aromatic nitrogens is 1. The Morgan fingerprint density at radius 3 is 2.72 bits per heavy atom. The largest absolute Gasteiger partial charge is 0.298 e. The van der Waals surface area contributed by atoms with Crippen LogP contribution in [0.1, 0.15) is 20.0 Å². The fraction of sp³-hybridized carbons (Fsp3) is 0. The zero-order chi connectivity index (χ0) is 12.5. The van der Waals surface area contributed by atoms with Crippen molar-refractivity contribution in [1.82, 2.24) is 4.57 Å². The first kappa shape index (κ1) is 10.9. The van der Waals surface area contributed by atoms with Crippen LogP contribution in [0.4, 0.5) is 0 Å². The van der Waals surface area contributed by atoms with Crippen molar-refractivity contribution in [3.05, 3.63) is 58.4 Å². The molecule has 3 rings (SSSR count). The summed E-state index contributed by atoms with van der Waals surface area (Å²) in [5.74, 6) is -0.102. The van der Waals surface area contributed by atoms with Crippen molar-refractivity contribution in [3.63, 3.8) is 0 Å². The molecule has 0 aliphatic rings. The Morgan fingerprint density at radius 2 is 2.00 bits per heavy atom. The van der Waals surface area contributed by atoms with Crippen LogP contribution in [0.25, 0.3) is 10.9 Å². The predicted octanol–water partition coefficient (Wildman–Crippen LogP) is 3.20. The van der Waals surface area contributed by atoms with Gasteiger partial charge >= 0.3 is 0 Å². The maximum Gasteiger partial charge on any atom is 0.272 e. The first-order valence-corrected chi connectivity index (χ1v) is 6.32. The molecule has 2 heterocycles. The van der Waals surface area contributed by atoms with Gasteiger partial charge in [0.05, 0.1) is 10.4 Å². The van der Waals surface area contributed by atoms with E-state index in [0.29, 0.717) is 10.4 Å². The molecule has 88 valence electrons. The molecule has 0 atom stereocenters. The first-order chi connectivity index (χ1) is 8.81. The number of fused-ring (bicyclic) bond motifs is 1. The Kier molecular flexibility index (Phi) is 2.57. The van der Waals surface area contributed by atoms with Crippen molar-refractivity contribution in [1.29, 1.82) is 0 Å². The first-order valence-electron chi connectivity index (χ1n) is 5.45. The van der Waals surface area contributed by atoms with E-state index in [1.165, 1.54) is 15.9 Å². The van der Waals surface area contributed by atoms with Crippen molar-refractivity contribution in [3.8, 4) is 0 Å². The van der Waals surface area contributed by atoms with Gasteiger partial charge in [-0.25, -0.2) is 0 Å². The lowest BCUT2D eigenvalue weighted by Gasteiger charge is -2.00. The maximum atomic E-state index is 12.3. The van der Waals surface area contributed by atoms with Gasteiger partial charge in [0, 0.05) is 17.1 Å². The summed E-state index contributed by atoms with van der Waals surface area (Å²) in [6, 6.07) is 11.0. The van der Waals surface area contributed by atoms with E-state index >= 15 is 0 Å². The molecular formula is C14H9NO2S. The fourth-order valence-corrected chi connectivity index (χ4v) is 2.65. The number of para-hydroxylation sites is 1. The third-order valence-corrected chi connectivity index (χ3v) is 3.68. The average Bonchev–Trinajstić information content (AvgIpc) is 3.05. The molecular weight excluding hydrogens is 246 g/mol. The number of nitrogens with zero attached hydrogens (tertiary/aromatic N) is 1. The normalized spacial score (nSPS) is 10.7. The number of aldehydes is 1. The topological polar surface area (TPSA) is 39.1 Å². The summed E-state index contributed by atoms with van der Waals surface area (Å²) >= 11 is 1.39. The second kappa shape index (κ2) is 4.23. The van der Waals surface area contributed by atoms with Crippen LogP contribution in [0.3, 0.4) is 0 Å². The molecule has 0 amide bonds. The summed E-state index contributed by atoms with van der Waals surface area (Å²) in [4.78, 5) is 24.0. The highest BCUT2D eigenvalue weighted by atomic mass is 32.1. The molecule has 0 unspecified atom stereocenters. The SMILES string of the molecule is O=Cc1cn(C(=O)c2cccs2)c2ccccc12. The van der Waals surface area contributed by atoms with Crippen molar-refractivity contribution >= 4 is 34.4 Å². The summed E-state index contributed by atoms with van der Waals surface area (Å²) in [6.45, 7) is 0. The highest BCUT2D eigenvalue weighted by Crippen LogP contribution is 2.22. The lowest BCUT2D eigenvalue weighted by atomic mass is 10.2. The lowest BCUT2D eigenvalue weighted by molar-refractivity contribution is 0.0969. The minimum atomic E-state index is -0.102. The van der Waals surface area contributed by atoms with Gasteiger partial charge in [0.2, 0.25) is 0 Å². The highest BCUT2D eigenvalue weighted by molar-refractivity contribution is 7.12. The Bertz CT molecular complexity index is 725. The van der Waals surface area contributed by atoms with Crippen LogP contribution in [0, 0.1) is 0 Å². The van der Waals surface area contributed by atoms with Crippen molar-refractivity contribution in [2.24, 2.45) is 0 Å². The van der Waals surface area contributed by atoms with E-state index in [2.05, 4.69) is 0 Å². The van der Waals surface area contributed by atoms with Crippen molar-refractivity contribution in [2.45, 2.75) is 0 Å². The highest BCUT2D eigenvalue weighted by Gasteiger charge is 2.15. The molecule has 1 aromatic carbocycles. The Hall–Kier alpha value is -2.20. The molecule has 0 aliphatic carbocycles. The third-order valence-electron chi connectivity index (χ3n) is 2.82. The van der Waals surface area contributed by atoms with E-state index in [9.17, 15) is 9.59 Å². The molecule has 0 saturated carbocycles. The Morgan fingerprint density at radius 1 is 1.17 bits per heavy atom. The standard InChI is InChI=1S/C14H9NO2S/c16-9-10-8-15(12-5-2-1-4-11(10)12)14(17)13-6-3-7-18-13/h1-9H. The van der Waals surface area contributed by atoms with Crippen LogP contribution < -0.4 is 0 Å². The Balaban J connectivity index is 2.24. The molecule has 0 saturated heterocycles. The van der Waals surface area contributed by atoms with E-state index < -0.39 is 0 Å². The number of thiophene rings is 1. The zero-order valence-electron chi connectivity index (χ0n) is 9.37. The van der Waals surface area contributed by atoms with Crippen molar-refractivity contribution in [2.75, 3.05) is 0 Å². The van der Waals surface area contributed by atoms with E-state index in [-0.39, 0.29) is 5.91 Å². The van der Waals surface area contributed by atoms with E-state index in [1.807, 2.05) is 35.7 Å². The molecule has 0 fully saturated rings. The summed E-state index contributed by atoms with van der Waals surface area (Å²) in [6.07, 6.45) is 2.38. The monoisotopic (exact) mass is 255 g/mol. The maximum absolute atomic E-state index is 12.3. The number of hydrogen-bond donors (Lipinski definition) is 0. The molecule has 3 aromatic rings. The molecule has 3 nitrogen and oxygen atoms in total. The van der Waals surface area contributed by atoms with E-state index in [1.54, 1.807) is 12.3 Å². The third kappa shape index (κ3) is 1.58. The summed E-state index contributed by atoms with van der Waals surface area (Å²) in [5, 5.41) is 2.66. The van der Waals surface area contributed by atoms with Crippen LogP contribution in [0.15, 0.2) is 48.0 Å². The summed E-state index contributed by atoms with van der Waals surface area (Å²) < 4.78 is 1.53. The minimum absolute atomic E-state index is 0.102. The number of rotatable bonds is 2. The number of benzene rings is 1. The fourth-order valence-electron chi connectivity index (χ4n) is 1.99. The van der Waals surface area contributed by atoms with Gasteiger partial charge in [-0.05, 0) is 17.5 Å². The molecule has 0 N–H and O–H groups in total. The predicted molar refractivity (Wildman–Crippen MR) is 71.4 cm³/mol. The molecule has 0 spiro atoms. The summed E-state index contributed by atoms with van der Waals surface area (Å²) in [7, 11) is 0. The summed E-state index contributed by atoms with van der Waals surface area (Å²) in [5.41, 5.74) is 1.30. The van der Waals surface area contributed by atoms with Gasteiger partial charge in [0.25, 0.3) is 5.91 Å². The van der Waals surface area contributed by atoms with Gasteiger partial charge in [0.1, 0.15) is 0 Å². The van der Waals surface area contributed by atoms with Gasteiger partial charge in [-0.1, -0.05) is 24.3 Å². The van der Waals surface area contributed by atoms with Gasteiger partial charge in [-0.2, -0.15) is 0 Å². The molecule has 0 radical (unpaired) electrons. The average molecular weight is 255 g/mol. The minimum Gasteiger partial charge on any atom is -0.298 e. The zero-order valence-corrected chi connectivity index (χ0v) is 10.2. The van der Waals surface area contributed by atoms with Crippen molar-refractivity contribution < 1.29 is 9.59 Å². The van der Waals surface area contributed by atoms with Gasteiger partial charge in [-0.3, -0.25) is 14.2 Å². The number of carbonyl (C=O) groups excluding carboxylic acids is 2. The van der Waals surface area contributed by atoms with E-state index in [0.717, 1.165) is 17.2 Å². The Labute approximate surface area is 107 Å². The van der Waals surface area contributed by atoms with Crippen LogP contribution >= 0.6 is 11.3 Å². The lowest BCUT2D eigenvalue weighted by Crippen LogP contribution is -2.08. The molecule has 18 heavy (non-hydrogen) atoms.